The standard InChI is InChI=1S/C11H10BrN3/c1-8-10(3-2-5-13-8)15-11-7-9(12)4-6-14-11/h2-7H,1H3,(H,14,15). The van der Waals surface area contributed by atoms with Crippen LogP contribution in [0.25, 0.3) is 0 Å². The average Bonchev–Trinajstić information content (AvgIpc) is 2.22. The number of hydrogen-bond acceptors (Lipinski definition) is 3. The first kappa shape index (κ1) is 10.1. The molecular weight excluding hydrogens is 254 g/mol. The smallest absolute Gasteiger partial charge is 0.131 e. The van der Waals surface area contributed by atoms with Crippen molar-refractivity contribution in [3.8, 4) is 0 Å². The second kappa shape index (κ2) is 4.40. The third-order valence-electron chi connectivity index (χ3n) is 1.99. The Hall–Kier alpha value is -1.42. The number of anilines is 2. The molecule has 0 aliphatic rings. The first-order valence-corrected chi connectivity index (χ1v) is 5.35. The Morgan fingerprint density at radius 1 is 1.20 bits per heavy atom. The predicted octanol–water partition coefficient (Wildman–Crippen LogP) is 3.29. The fourth-order valence-corrected chi connectivity index (χ4v) is 1.56. The third-order valence-corrected chi connectivity index (χ3v) is 2.48. The molecular formula is C11H10BrN3. The van der Waals surface area contributed by atoms with Crippen molar-refractivity contribution in [2.24, 2.45) is 0 Å². The summed E-state index contributed by atoms with van der Waals surface area (Å²) < 4.78 is 1.00. The third kappa shape index (κ3) is 2.53. The van der Waals surface area contributed by atoms with E-state index >= 15 is 0 Å². The number of rotatable bonds is 2. The number of aromatic nitrogens is 2. The lowest BCUT2D eigenvalue weighted by molar-refractivity contribution is 1.19. The summed E-state index contributed by atoms with van der Waals surface area (Å²) >= 11 is 3.40. The van der Waals surface area contributed by atoms with Gasteiger partial charge in [0.25, 0.3) is 0 Å². The molecule has 3 nitrogen and oxygen atoms in total. The van der Waals surface area contributed by atoms with Gasteiger partial charge in [-0.05, 0) is 31.2 Å². The molecule has 0 saturated carbocycles. The van der Waals surface area contributed by atoms with Gasteiger partial charge in [-0.15, -0.1) is 0 Å². The molecule has 2 aromatic rings. The summed E-state index contributed by atoms with van der Waals surface area (Å²) in [4.78, 5) is 8.40. The van der Waals surface area contributed by atoms with Crippen molar-refractivity contribution in [3.63, 3.8) is 0 Å². The molecule has 1 N–H and O–H groups in total. The molecule has 0 aliphatic heterocycles. The normalized spacial score (nSPS) is 10.0. The van der Waals surface area contributed by atoms with Gasteiger partial charge in [-0.25, -0.2) is 4.98 Å². The number of hydrogen-bond donors (Lipinski definition) is 1. The van der Waals surface area contributed by atoms with Gasteiger partial charge < -0.3 is 5.32 Å². The molecule has 0 aromatic carbocycles. The highest BCUT2D eigenvalue weighted by molar-refractivity contribution is 9.10. The Bertz CT molecular complexity index is 471. The number of aryl methyl sites for hydroxylation is 1. The van der Waals surface area contributed by atoms with Crippen LogP contribution < -0.4 is 5.32 Å². The molecule has 0 spiro atoms. The molecule has 0 unspecified atom stereocenters. The monoisotopic (exact) mass is 263 g/mol. The van der Waals surface area contributed by atoms with Crippen LogP contribution in [-0.4, -0.2) is 9.97 Å². The van der Waals surface area contributed by atoms with Crippen molar-refractivity contribution in [2.75, 3.05) is 5.32 Å². The Morgan fingerprint density at radius 3 is 2.80 bits per heavy atom. The highest BCUT2D eigenvalue weighted by Crippen LogP contribution is 2.19. The molecule has 76 valence electrons. The van der Waals surface area contributed by atoms with E-state index in [0.29, 0.717) is 0 Å². The zero-order valence-corrected chi connectivity index (χ0v) is 9.82. The van der Waals surface area contributed by atoms with Gasteiger partial charge in [0.15, 0.2) is 0 Å². The van der Waals surface area contributed by atoms with Crippen LogP contribution in [0.4, 0.5) is 11.5 Å². The van der Waals surface area contributed by atoms with E-state index < -0.39 is 0 Å². The molecule has 4 heteroatoms. The van der Waals surface area contributed by atoms with Gasteiger partial charge in [0.1, 0.15) is 5.82 Å². The first-order valence-electron chi connectivity index (χ1n) is 4.56. The molecule has 0 amide bonds. The lowest BCUT2D eigenvalue weighted by atomic mass is 10.3. The van der Waals surface area contributed by atoms with Crippen molar-refractivity contribution in [1.82, 2.24) is 9.97 Å². The largest absolute Gasteiger partial charge is 0.339 e. The van der Waals surface area contributed by atoms with Gasteiger partial charge in [-0.1, -0.05) is 15.9 Å². The topological polar surface area (TPSA) is 37.8 Å². The van der Waals surface area contributed by atoms with Gasteiger partial charge in [-0.2, -0.15) is 0 Å². The summed E-state index contributed by atoms with van der Waals surface area (Å²) in [7, 11) is 0. The Morgan fingerprint density at radius 2 is 2.07 bits per heavy atom. The summed E-state index contributed by atoms with van der Waals surface area (Å²) in [6, 6.07) is 7.69. The number of nitrogens with zero attached hydrogens (tertiary/aromatic N) is 2. The molecule has 0 fully saturated rings. The van der Waals surface area contributed by atoms with Crippen LogP contribution in [0.15, 0.2) is 41.1 Å². The summed E-state index contributed by atoms with van der Waals surface area (Å²) in [6.07, 6.45) is 3.52. The lowest BCUT2D eigenvalue weighted by Gasteiger charge is -2.07. The predicted molar refractivity (Wildman–Crippen MR) is 64.2 cm³/mol. The van der Waals surface area contributed by atoms with Crippen LogP contribution in [0.5, 0.6) is 0 Å². The van der Waals surface area contributed by atoms with Gasteiger partial charge in [0.05, 0.1) is 11.4 Å². The number of halogens is 1. The van der Waals surface area contributed by atoms with E-state index in [0.717, 1.165) is 21.7 Å². The van der Waals surface area contributed by atoms with E-state index in [4.69, 9.17) is 0 Å². The van der Waals surface area contributed by atoms with Crippen LogP contribution in [0.3, 0.4) is 0 Å². The molecule has 2 rings (SSSR count). The maximum absolute atomic E-state index is 4.21. The zero-order chi connectivity index (χ0) is 10.7. The van der Waals surface area contributed by atoms with Crippen molar-refractivity contribution in [1.29, 1.82) is 0 Å². The van der Waals surface area contributed by atoms with Crippen molar-refractivity contribution in [3.05, 3.63) is 46.8 Å². The Labute approximate surface area is 96.7 Å². The quantitative estimate of drug-likeness (QED) is 0.904. The zero-order valence-electron chi connectivity index (χ0n) is 8.24. The second-order valence-electron chi connectivity index (χ2n) is 3.12. The van der Waals surface area contributed by atoms with Crippen molar-refractivity contribution >= 4 is 27.4 Å². The van der Waals surface area contributed by atoms with E-state index in [9.17, 15) is 0 Å². The van der Waals surface area contributed by atoms with E-state index in [1.165, 1.54) is 0 Å². The van der Waals surface area contributed by atoms with Crippen LogP contribution in [0, 0.1) is 6.92 Å². The fraction of sp³-hybridized carbons (Fsp3) is 0.0909. The number of nitrogens with one attached hydrogen (secondary N) is 1. The Kier molecular flexibility index (Phi) is 2.97. The number of pyridine rings is 2. The molecule has 0 bridgehead atoms. The lowest BCUT2D eigenvalue weighted by Crippen LogP contribution is -1.96. The highest BCUT2D eigenvalue weighted by atomic mass is 79.9. The van der Waals surface area contributed by atoms with Crippen LogP contribution in [0.2, 0.25) is 0 Å². The Balaban J connectivity index is 2.26. The molecule has 2 heterocycles. The summed E-state index contributed by atoms with van der Waals surface area (Å²) in [5, 5.41) is 3.21. The highest BCUT2D eigenvalue weighted by Gasteiger charge is 1.99. The summed E-state index contributed by atoms with van der Waals surface area (Å²) in [6.45, 7) is 1.96. The SMILES string of the molecule is Cc1ncccc1Nc1cc(Br)ccn1. The van der Waals surface area contributed by atoms with Crippen molar-refractivity contribution in [2.45, 2.75) is 6.92 Å². The van der Waals surface area contributed by atoms with Gasteiger partial charge >= 0.3 is 0 Å². The first-order chi connectivity index (χ1) is 7.25. The minimum Gasteiger partial charge on any atom is -0.339 e. The summed E-state index contributed by atoms with van der Waals surface area (Å²) in [5.41, 5.74) is 1.93. The fourth-order valence-electron chi connectivity index (χ4n) is 1.23. The molecule has 0 saturated heterocycles. The molecule has 0 atom stereocenters. The van der Waals surface area contributed by atoms with Crippen molar-refractivity contribution < 1.29 is 0 Å². The van der Waals surface area contributed by atoms with Gasteiger partial charge in [0.2, 0.25) is 0 Å². The van der Waals surface area contributed by atoms with Crippen LogP contribution in [-0.2, 0) is 0 Å². The van der Waals surface area contributed by atoms with Gasteiger partial charge in [-0.3, -0.25) is 4.98 Å². The van der Waals surface area contributed by atoms with E-state index in [1.54, 1.807) is 12.4 Å². The van der Waals surface area contributed by atoms with Crippen LogP contribution >= 0.6 is 15.9 Å². The maximum Gasteiger partial charge on any atom is 0.131 e. The minimum absolute atomic E-state index is 0.806. The van der Waals surface area contributed by atoms with Crippen LogP contribution in [0.1, 0.15) is 5.69 Å². The van der Waals surface area contributed by atoms with E-state index in [-0.39, 0.29) is 0 Å². The van der Waals surface area contributed by atoms with E-state index in [1.807, 2.05) is 31.2 Å². The summed E-state index contributed by atoms with van der Waals surface area (Å²) in [5.74, 6) is 0.806. The van der Waals surface area contributed by atoms with E-state index in [2.05, 4.69) is 31.2 Å². The van der Waals surface area contributed by atoms with Gasteiger partial charge in [0, 0.05) is 16.9 Å². The molecule has 15 heavy (non-hydrogen) atoms. The average molecular weight is 264 g/mol. The molecule has 0 aliphatic carbocycles. The molecule has 2 aromatic heterocycles. The molecule has 0 radical (unpaired) electrons. The minimum atomic E-state index is 0.806. The maximum atomic E-state index is 4.21. The second-order valence-corrected chi connectivity index (χ2v) is 4.04.